The molecule has 0 unspecified atom stereocenters. The van der Waals surface area contributed by atoms with Gasteiger partial charge in [0.15, 0.2) is 0 Å². The SMILES string of the molecule is NS(=O)(=O)c1ccc2cc3nc(-c4ccc(Br)cc4)c(-c4ccc(Br)cc4)nc3cc2c1. The van der Waals surface area contributed by atoms with E-state index >= 15 is 0 Å². The molecule has 0 aliphatic rings. The van der Waals surface area contributed by atoms with Crippen molar-refractivity contribution in [3.63, 3.8) is 0 Å². The minimum Gasteiger partial charge on any atom is -0.244 e. The third-order valence-corrected chi connectivity index (χ3v) is 7.13. The average molecular weight is 569 g/mol. The van der Waals surface area contributed by atoms with Gasteiger partial charge in [0.25, 0.3) is 0 Å². The topological polar surface area (TPSA) is 85.9 Å². The zero-order valence-electron chi connectivity index (χ0n) is 16.5. The van der Waals surface area contributed by atoms with Crippen molar-refractivity contribution in [2.45, 2.75) is 4.90 Å². The molecule has 1 heterocycles. The van der Waals surface area contributed by atoms with E-state index in [0.29, 0.717) is 5.52 Å². The molecule has 5 aromatic rings. The summed E-state index contributed by atoms with van der Waals surface area (Å²) < 4.78 is 25.5. The molecule has 0 fully saturated rings. The van der Waals surface area contributed by atoms with Gasteiger partial charge in [-0.3, -0.25) is 0 Å². The van der Waals surface area contributed by atoms with Gasteiger partial charge in [0, 0.05) is 20.1 Å². The van der Waals surface area contributed by atoms with Crippen LogP contribution in [0, 0.1) is 0 Å². The van der Waals surface area contributed by atoms with Crippen molar-refractivity contribution < 1.29 is 8.42 Å². The summed E-state index contributed by atoms with van der Waals surface area (Å²) in [4.78, 5) is 9.97. The van der Waals surface area contributed by atoms with Crippen molar-refractivity contribution in [3.05, 3.63) is 87.8 Å². The molecule has 0 aliphatic heterocycles. The molecule has 1 aromatic heterocycles. The second-order valence-electron chi connectivity index (χ2n) is 7.33. The van der Waals surface area contributed by atoms with Crippen LogP contribution in [0.2, 0.25) is 0 Å². The fourth-order valence-corrected chi connectivity index (χ4v) is 4.65. The van der Waals surface area contributed by atoms with Crippen LogP contribution in [0.1, 0.15) is 0 Å². The fourth-order valence-electron chi connectivity index (χ4n) is 3.57. The molecule has 0 saturated heterocycles. The molecule has 0 spiro atoms. The summed E-state index contributed by atoms with van der Waals surface area (Å²) >= 11 is 6.96. The van der Waals surface area contributed by atoms with Gasteiger partial charge in [-0.1, -0.05) is 62.2 Å². The fraction of sp³-hybridized carbons (Fsp3) is 0. The van der Waals surface area contributed by atoms with Crippen molar-refractivity contribution in [2.24, 2.45) is 5.14 Å². The highest BCUT2D eigenvalue weighted by molar-refractivity contribution is 9.10. The molecule has 0 atom stereocenters. The van der Waals surface area contributed by atoms with Gasteiger partial charge < -0.3 is 0 Å². The number of rotatable bonds is 3. The lowest BCUT2D eigenvalue weighted by atomic mass is 10.0. The van der Waals surface area contributed by atoms with Gasteiger partial charge in [-0.25, -0.2) is 23.5 Å². The molecule has 0 radical (unpaired) electrons. The van der Waals surface area contributed by atoms with Crippen LogP contribution < -0.4 is 5.14 Å². The predicted molar refractivity (Wildman–Crippen MR) is 135 cm³/mol. The van der Waals surface area contributed by atoms with Crippen LogP contribution in [-0.4, -0.2) is 18.4 Å². The van der Waals surface area contributed by atoms with E-state index in [2.05, 4.69) is 31.9 Å². The van der Waals surface area contributed by atoms with Gasteiger partial charge >= 0.3 is 0 Å². The Bertz CT molecular complexity index is 1600. The lowest BCUT2D eigenvalue weighted by Gasteiger charge is -2.12. The number of sulfonamides is 1. The molecular weight excluding hydrogens is 554 g/mol. The minimum absolute atomic E-state index is 0.0666. The summed E-state index contributed by atoms with van der Waals surface area (Å²) in [7, 11) is -3.79. The van der Waals surface area contributed by atoms with Gasteiger partial charge in [-0.15, -0.1) is 0 Å². The standard InChI is InChI=1S/C24H15Br2N3O2S/c25-18-6-1-14(2-7-18)23-24(15-3-8-19(26)9-4-15)29-22-13-17-11-20(32(27,30)31)10-5-16(17)12-21(22)28-23/h1-13H,(H2,27,30,31). The van der Waals surface area contributed by atoms with Gasteiger partial charge in [0.2, 0.25) is 10.0 Å². The average Bonchev–Trinajstić information content (AvgIpc) is 2.77. The zero-order chi connectivity index (χ0) is 22.5. The number of hydrogen-bond acceptors (Lipinski definition) is 4. The Morgan fingerprint density at radius 3 is 1.56 bits per heavy atom. The van der Waals surface area contributed by atoms with Crippen LogP contribution >= 0.6 is 31.9 Å². The Kier molecular flexibility index (Phi) is 5.33. The van der Waals surface area contributed by atoms with Crippen molar-refractivity contribution in [3.8, 4) is 22.5 Å². The number of fused-ring (bicyclic) bond motifs is 2. The molecule has 0 saturated carbocycles. The molecule has 5 rings (SSSR count). The predicted octanol–water partition coefficient (Wildman–Crippen LogP) is 6.29. The number of primary sulfonamides is 1. The summed E-state index contributed by atoms with van der Waals surface area (Å²) in [6.45, 7) is 0. The molecule has 4 aromatic carbocycles. The second kappa shape index (κ2) is 8.04. The Morgan fingerprint density at radius 1 is 0.625 bits per heavy atom. The largest absolute Gasteiger partial charge is 0.244 e. The van der Waals surface area contributed by atoms with Gasteiger partial charge in [0.1, 0.15) is 0 Å². The van der Waals surface area contributed by atoms with Crippen LogP contribution in [0.3, 0.4) is 0 Å². The molecule has 0 amide bonds. The molecule has 2 N–H and O–H groups in total. The van der Waals surface area contributed by atoms with E-state index in [0.717, 1.165) is 47.7 Å². The van der Waals surface area contributed by atoms with E-state index in [-0.39, 0.29) is 4.90 Å². The van der Waals surface area contributed by atoms with Crippen molar-refractivity contribution in [2.75, 3.05) is 0 Å². The summed E-state index contributed by atoms with van der Waals surface area (Å²) in [5, 5.41) is 6.90. The maximum atomic E-state index is 11.8. The van der Waals surface area contributed by atoms with E-state index < -0.39 is 10.0 Å². The van der Waals surface area contributed by atoms with Crippen LogP contribution in [-0.2, 0) is 10.0 Å². The second-order valence-corrected chi connectivity index (χ2v) is 10.7. The van der Waals surface area contributed by atoms with Crippen LogP contribution in [0.5, 0.6) is 0 Å². The number of benzene rings is 4. The smallest absolute Gasteiger partial charge is 0.238 e. The monoisotopic (exact) mass is 567 g/mol. The molecule has 0 bridgehead atoms. The number of nitrogens with zero attached hydrogens (tertiary/aromatic N) is 2. The number of aromatic nitrogens is 2. The highest BCUT2D eigenvalue weighted by Gasteiger charge is 2.15. The normalized spacial score (nSPS) is 11.8. The maximum Gasteiger partial charge on any atom is 0.238 e. The lowest BCUT2D eigenvalue weighted by Crippen LogP contribution is -2.11. The minimum atomic E-state index is -3.79. The van der Waals surface area contributed by atoms with Crippen LogP contribution in [0.15, 0.2) is 92.7 Å². The van der Waals surface area contributed by atoms with Gasteiger partial charge in [0.05, 0.1) is 27.3 Å². The quantitative estimate of drug-likeness (QED) is 0.259. The highest BCUT2D eigenvalue weighted by Crippen LogP contribution is 2.33. The Labute approximate surface area is 201 Å². The van der Waals surface area contributed by atoms with E-state index in [1.165, 1.54) is 6.07 Å². The summed E-state index contributed by atoms with van der Waals surface area (Å²) in [6.07, 6.45) is 0. The third-order valence-electron chi connectivity index (χ3n) is 5.16. The molecule has 5 nitrogen and oxygen atoms in total. The Balaban J connectivity index is 1.80. The van der Waals surface area contributed by atoms with E-state index in [1.54, 1.807) is 12.1 Å². The summed E-state index contributed by atoms with van der Waals surface area (Å²) in [6, 6.07) is 24.4. The van der Waals surface area contributed by atoms with E-state index in [4.69, 9.17) is 15.1 Å². The van der Waals surface area contributed by atoms with Crippen LogP contribution in [0.4, 0.5) is 0 Å². The molecular formula is C24H15Br2N3O2S. The number of halogens is 2. The Morgan fingerprint density at radius 2 is 1.09 bits per heavy atom. The third kappa shape index (κ3) is 4.06. The first-order valence-electron chi connectivity index (χ1n) is 9.58. The van der Waals surface area contributed by atoms with E-state index in [9.17, 15) is 8.42 Å². The first-order valence-corrected chi connectivity index (χ1v) is 12.7. The van der Waals surface area contributed by atoms with Gasteiger partial charge in [-0.2, -0.15) is 0 Å². The first-order chi connectivity index (χ1) is 15.3. The Hall–Kier alpha value is -2.65. The summed E-state index contributed by atoms with van der Waals surface area (Å²) in [5.74, 6) is 0. The van der Waals surface area contributed by atoms with Crippen molar-refractivity contribution >= 4 is 63.7 Å². The number of hydrogen-bond donors (Lipinski definition) is 1. The summed E-state index contributed by atoms with van der Waals surface area (Å²) in [5.41, 5.74) is 4.79. The molecule has 8 heteroatoms. The zero-order valence-corrected chi connectivity index (χ0v) is 20.4. The first kappa shape index (κ1) is 21.2. The number of nitrogens with two attached hydrogens (primary N) is 1. The lowest BCUT2D eigenvalue weighted by molar-refractivity contribution is 0.598. The van der Waals surface area contributed by atoms with Crippen molar-refractivity contribution in [1.29, 1.82) is 0 Å². The molecule has 32 heavy (non-hydrogen) atoms. The van der Waals surface area contributed by atoms with E-state index in [1.807, 2.05) is 60.7 Å². The molecule has 0 aliphatic carbocycles. The maximum absolute atomic E-state index is 11.8. The van der Waals surface area contributed by atoms with Crippen molar-refractivity contribution in [1.82, 2.24) is 9.97 Å². The molecule has 158 valence electrons. The van der Waals surface area contributed by atoms with Gasteiger partial charge in [-0.05, 0) is 59.3 Å². The van der Waals surface area contributed by atoms with Crippen LogP contribution in [0.25, 0.3) is 44.3 Å². The highest BCUT2D eigenvalue weighted by atomic mass is 79.9.